The molecule has 4 aromatic rings. The van der Waals surface area contributed by atoms with Gasteiger partial charge in [0.25, 0.3) is 0 Å². The number of amides is 1. The summed E-state index contributed by atoms with van der Waals surface area (Å²) in [5, 5.41) is 2.97. The summed E-state index contributed by atoms with van der Waals surface area (Å²) in [6, 6.07) is 21.8. The molecule has 3 aromatic carbocycles. The number of carbonyl (C=O) groups is 1. The third-order valence-corrected chi connectivity index (χ3v) is 9.56. The van der Waals surface area contributed by atoms with Crippen molar-refractivity contribution in [2.24, 2.45) is 11.8 Å². The first-order valence-corrected chi connectivity index (χ1v) is 19.6. The first kappa shape index (κ1) is 39.7. The molecule has 1 heterocycles. The van der Waals surface area contributed by atoms with E-state index >= 15 is 0 Å². The van der Waals surface area contributed by atoms with E-state index in [0.29, 0.717) is 41.4 Å². The zero-order valence-corrected chi connectivity index (χ0v) is 32.1. The van der Waals surface area contributed by atoms with Gasteiger partial charge in [-0.3, -0.25) is 4.79 Å². The first-order valence-electron chi connectivity index (χ1n) is 18.3. The Hall–Kier alpha value is -4.05. The van der Waals surface area contributed by atoms with Crippen LogP contribution in [-0.4, -0.2) is 52.9 Å². The van der Waals surface area contributed by atoms with Crippen molar-refractivity contribution in [2.45, 2.75) is 78.0 Å². The van der Waals surface area contributed by atoms with Crippen LogP contribution in [0.15, 0.2) is 90.2 Å². The van der Waals surface area contributed by atoms with E-state index in [2.05, 4.69) is 87.1 Å². The second-order valence-electron chi connectivity index (χ2n) is 13.7. The highest BCUT2D eigenvalue weighted by atomic mass is 32.2. The van der Waals surface area contributed by atoms with Crippen molar-refractivity contribution >= 4 is 34.5 Å². The van der Waals surface area contributed by atoms with Gasteiger partial charge in [-0.1, -0.05) is 66.2 Å². The molecule has 4 rings (SSSR count). The average Bonchev–Trinajstić information content (AvgIpc) is 3.55. The van der Waals surface area contributed by atoms with Gasteiger partial charge < -0.3 is 28.8 Å². The van der Waals surface area contributed by atoms with Gasteiger partial charge in [-0.05, 0) is 107 Å². The Morgan fingerprint density at radius 1 is 0.922 bits per heavy atom. The molecule has 274 valence electrons. The van der Waals surface area contributed by atoms with Crippen LogP contribution in [0.5, 0.6) is 5.75 Å². The van der Waals surface area contributed by atoms with E-state index in [-0.39, 0.29) is 5.91 Å². The number of hydrogen-bond acceptors (Lipinski definition) is 6. The van der Waals surface area contributed by atoms with Gasteiger partial charge in [-0.25, -0.2) is 4.98 Å². The summed E-state index contributed by atoms with van der Waals surface area (Å²) in [4.78, 5) is 20.5. The van der Waals surface area contributed by atoms with Crippen LogP contribution in [0.2, 0.25) is 0 Å². The van der Waals surface area contributed by atoms with E-state index in [4.69, 9.17) is 9.47 Å². The van der Waals surface area contributed by atoms with Crippen molar-refractivity contribution in [1.82, 2.24) is 9.55 Å². The van der Waals surface area contributed by atoms with Gasteiger partial charge in [-0.15, -0.1) is 0 Å². The molecule has 51 heavy (non-hydrogen) atoms. The first-order chi connectivity index (χ1) is 24.7. The number of hydrogen-bond donors (Lipinski definition) is 1. The summed E-state index contributed by atoms with van der Waals surface area (Å²) < 4.78 is 26.6. The van der Waals surface area contributed by atoms with Crippen molar-refractivity contribution in [3.8, 4) is 16.9 Å². The molecule has 0 spiro atoms. The van der Waals surface area contributed by atoms with E-state index in [1.807, 2.05) is 34.9 Å². The molecular formula is C42H56N4O4S. The van der Waals surface area contributed by atoms with E-state index in [9.17, 15) is 9.35 Å². The zero-order chi connectivity index (χ0) is 36.6. The standard InChI is InChI=1S/C42H56N4O4S/c1-7-9-23-49-24-25-50-39-16-10-34(11-17-39)35-12-20-41(46(28-32(3)4)29-33(5)6)36(26-35)13-21-42(47)44-37-14-18-40(19-15-37)51(48)30-38-27-43-31-45(38)22-8-2/h10-21,26-27,31-33H,7-9,22-25,28-30H2,1-6H3,(H,44,47)/b21-13+. The fourth-order valence-electron chi connectivity index (χ4n) is 5.79. The van der Waals surface area contributed by atoms with Gasteiger partial charge in [0.2, 0.25) is 5.91 Å². The number of unbranched alkanes of at least 4 members (excludes halogenated alkanes) is 1. The normalized spacial score (nSPS) is 12.2. The van der Waals surface area contributed by atoms with Crippen molar-refractivity contribution in [2.75, 3.05) is 43.1 Å². The van der Waals surface area contributed by atoms with Crippen molar-refractivity contribution in [3.05, 3.63) is 96.6 Å². The molecule has 1 unspecified atom stereocenters. The third-order valence-electron chi connectivity index (χ3n) is 8.21. The second-order valence-corrected chi connectivity index (χ2v) is 15.2. The zero-order valence-electron chi connectivity index (χ0n) is 31.3. The van der Waals surface area contributed by atoms with Gasteiger partial charge in [0.05, 0.1) is 24.8 Å². The largest absolute Gasteiger partial charge is 0.611 e. The molecule has 1 aromatic heterocycles. The molecule has 1 amide bonds. The highest BCUT2D eigenvalue weighted by Gasteiger charge is 2.17. The Morgan fingerprint density at radius 3 is 2.29 bits per heavy atom. The number of carbonyl (C=O) groups excluding carboxylic acids is 1. The minimum atomic E-state index is -1.22. The predicted molar refractivity (Wildman–Crippen MR) is 212 cm³/mol. The lowest BCUT2D eigenvalue weighted by molar-refractivity contribution is -0.111. The third kappa shape index (κ3) is 12.9. The molecule has 0 saturated carbocycles. The lowest BCUT2D eigenvalue weighted by Crippen LogP contribution is -2.31. The molecule has 0 radical (unpaired) electrons. The fourth-order valence-corrected chi connectivity index (χ4v) is 6.90. The van der Waals surface area contributed by atoms with Crippen LogP contribution < -0.4 is 15.0 Å². The van der Waals surface area contributed by atoms with Crippen LogP contribution in [0.1, 0.15) is 72.1 Å². The maximum absolute atomic E-state index is 13.2. The van der Waals surface area contributed by atoms with Crippen molar-refractivity contribution < 1.29 is 18.8 Å². The minimum absolute atomic E-state index is 0.233. The number of ether oxygens (including phenoxy) is 2. The van der Waals surface area contributed by atoms with Crippen LogP contribution in [0.3, 0.4) is 0 Å². The maximum Gasteiger partial charge on any atom is 0.248 e. The molecule has 0 bridgehead atoms. The Kier molecular flexibility index (Phi) is 16.1. The van der Waals surface area contributed by atoms with E-state index in [0.717, 1.165) is 79.3 Å². The topological polar surface area (TPSA) is 91.7 Å². The molecule has 9 heteroatoms. The number of aryl methyl sites for hydroxylation is 1. The molecular weight excluding hydrogens is 657 g/mol. The predicted octanol–water partition coefficient (Wildman–Crippen LogP) is 9.23. The lowest BCUT2D eigenvalue weighted by atomic mass is 9.99. The summed E-state index contributed by atoms with van der Waals surface area (Å²) in [6.45, 7) is 17.7. The van der Waals surface area contributed by atoms with E-state index in [1.54, 1.807) is 30.7 Å². The van der Waals surface area contributed by atoms with Crippen molar-refractivity contribution in [3.63, 3.8) is 0 Å². The quantitative estimate of drug-likeness (QED) is 0.0526. The fraction of sp³-hybridized carbons (Fsp3) is 0.429. The highest BCUT2D eigenvalue weighted by Crippen LogP contribution is 2.31. The maximum atomic E-state index is 13.2. The Labute approximate surface area is 308 Å². The summed E-state index contributed by atoms with van der Waals surface area (Å²) >= 11 is -1.22. The van der Waals surface area contributed by atoms with Gasteiger partial charge in [0, 0.05) is 43.7 Å². The molecule has 1 N–H and O–H groups in total. The van der Waals surface area contributed by atoms with Gasteiger partial charge in [0.15, 0.2) is 10.6 Å². The number of anilines is 2. The Bertz CT molecular complexity index is 1640. The molecule has 0 fully saturated rings. The SMILES string of the molecule is CCCCOCCOc1ccc(-c2ccc(N(CC(C)C)CC(C)C)c(/C=C/C(=O)Nc3ccc([S+]([O-])Cc4cncn4CCC)cc3)c2)cc1. The number of aromatic nitrogens is 2. The Balaban J connectivity index is 1.48. The van der Waals surface area contributed by atoms with Crippen LogP contribution in [0, 0.1) is 11.8 Å². The number of nitrogens with one attached hydrogen (secondary N) is 1. The molecule has 0 aliphatic heterocycles. The van der Waals surface area contributed by atoms with Crippen LogP contribution >= 0.6 is 0 Å². The molecule has 0 saturated heterocycles. The summed E-state index contributed by atoms with van der Waals surface area (Å²) in [5.74, 6) is 1.92. The molecule has 0 aliphatic carbocycles. The minimum Gasteiger partial charge on any atom is -0.611 e. The average molecular weight is 713 g/mol. The van der Waals surface area contributed by atoms with E-state index in [1.165, 1.54) is 0 Å². The van der Waals surface area contributed by atoms with Crippen LogP contribution in [-0.2, 0) is 33.0 Å². The summed E-state index contributed by atoms with van der Waals surface area (Å²) in [5.41, 5.74) is 5.79. The Morgan fingerprint density at radius 2 is 1.63 bits per heavy atom. The second kappa shape index (κ2) is 20.7. The summed E-state index contributed by atoms with van der Waals surface area (Å²) in [6.07, 6.45) is 10.2. The molecule has 0 aliphatic rings. The smallest absolute Gasteiger partial charge is 0.248 e. The van der Waals surface area contributed by atoms with Gasteiger partial charge in [0.1, 0.15) is 12.4 Å². The van der Waals surface area contributed by atoms with Crippen LogP contribution in [0.25, 0.3) is 17.2 Å². The number of imidazole rings is 1. The van der Waals surface area contributed by atoms with Crippen molar-refractivity contribution in [1.29, 1.82) is 0 Å². The van der Waals surface area contributed by atoms with Gasteiger partial charge >= 0.3 is 0 Å². The number of benzene rings is 3. The number of rotatable bonds is 21. The highest BCUT2D eigenvalue weighted by molar-refractivity contribution is 7.90. The monoisotopic (exact) mass is 712 g/mol. The lowest BCUT2D eigenvalue weighted by Gasteiger charge is -2.30. The molecule has 8 nitrogen and oxygen atoms in total. The summed E-state index contributed by atoms with van der Waals surface area (Å²) in [7, 11) is 0. The van der Waals surface area contributed by atoms with E-state index < -0.39 is 11.2 Å². The molecule has 1 atom stereocenters. The number of nitrogens with zero attached hydrogens (tertiary/aromatic N) is 3. The van der Waals surface area contributed by atoms with Gasteiger partial charge in [-0.2, -0.15) is 0 Å². The van der Waals surface area contributed by atoms with Crippen LogP contribution in [0.4, 0.5) is 11.4 Å².